The van der Waals surface area contributed by atoms with E-state index in [0.717, 1.165) is 17.8 Å². The highest BCUT2D eigenvalue weighted by Crippen LogP contribution is 2.72. The van der Waals surface area contributed by atoms with Crippen molar-refractivity contribution in [1.29, 1.82) is 0 Å². The molecule has 3 saturated carbocycles. The Bertz CT molecular complexity index is 986. The Hall–Kier alpha value is -0.810. The summed E-state index contributed by atoms with van der Waals surface area (Å²) in [7, 11) is 0. The number of rotatable bonds is 4. The topological polar surface area (TPSA) is 80.7 Å². The number of carbonyl (C=O) groups is 3. The summed E-state index contributed by atoms with van der Waals surface area (Å²) in [6, 6.07) is 0. The van der Waals surface area contributed by atoms with Gasteiger partial charge < -0.3 is 9.84 Å². The quantitative estimate of drug-likeness (QED) is 0.278. The Morgan fingerprint density at radius 2 is 1.97 bits per heavy atom. The highest BCUT2D eigenvalue weighted by molar-refractivity contribution is 14.1. The lowest BCUT2D eigenvalue weighted by molar-refractivity contribution is -0.228. The van der Waals surface area contributed by atoms with Crippen molar-refractivity contribution in [2.45, 2.75) is 76.9 Å². The minimum Gasteiger partial charge on any atom is -0.449 e. The summed E-state index contributed by atoms with van der Waals surface area (Å²) in [4.78, 5) is 38.1. The van der Waals surface area contributed by atoms with Crippen molar-refractivity contribution < 1.29 is 33.0 Å². The molecule has 188 valence electrons. The van der Waals surface area contributed by atoms with E-state index in [0.29, 0.717) is 10.2 Å². The number of halogens is 3. The predicted molar refractivity (Wildman–Crippen MR) is 134 cm³/mol. The Labute approximate surface area is 216 Å². The fraction of sp³-hybridized carbons (Fsp3) is 0.720. The van der Waals surface area contributed by atoms with Crippen molar-refractivity contribution in [3.63, 3.8) is 0 Å². The van der Waals surface area contributed by atoms with Gasteiger partial charge in [0.05, 0.1) is 9.86 Å². The largest absolute Gasteiger partial charge is 0.449 e. The number of ether oxygens (including phenoxy) is 1. The van der Waals surface area contributed by atoms with Gasteiger partial charge in [-0.2, -0.15) is 0 Å². The molecule has 5 nitrogen and oxygen atoms in total. The second kappa shape index (κ2) is 8.64. The number of ketones is 1. The number of thioether (sulfide) groups is 1. The van der Waals surface area contributed by atoms with Gasteiger partial charge in [-0.1, -0.05) is 61.2 Å². The average molecular weight is 608 g/mol. The van der Waals surface area contributed by atoms with Gasteiger partial charge in [0.15, 0.2) is 17.1 Å². The van der Waals surface area contributed by atoms with E-state index in [9.17, 15) is 19.5 Å². The van der Waals surface area contributed by atoms with Crippen LogP contribution < -0.4 is 0 Å². The second-order valence-electron chi connectivity index (χ2n) is 10.6. The van der Waals surface area contributed by atoms with Gasteiger partial charge in [0, 0.05) is 29.1 Å². The van der Waals surface area contributed by atoms with Crippen LogP contribution in [0.4, 0.5) is 8.78 Å². The van der Waals surface area contributed by atoms with Crippen LogP contribution in [0.25, 0.3) is 0 Å². The highest BCUT2D eigenvalue weighted by Gasteiger charge is 2.78. The van der Waals surface area contributed by atoms with Crippen molar-refractivity contribution >= 4 is 51.2 Å². The van der Waals surface area contributed by atoms with Gasteiger partial charge in [-0.3, -0.25) is 14.4 Å². The van der Waals surface area contributed by atoms with Crippen LogP contribution in [0.1, 0.15) is 53.4 Å². The van der Waals surface area contributed by atoms with Crippen LogP contribution in [0.2, 0.25) is 0 Å². The van der Waals surface area contributed by atoms with Crippen LogP contribution in [0.3, 0.4) is 0 Å². The normalized spacial score (nSPS) is 47.4. The van der Waals surface area contributed by atoms with Gasteiger partial charge in [-0.15, -0.1) is 0 Å². The van der Waals surface area contributed by atoms with Crippen LogP contribution >= 0.6 is 34.4 Å². The summed E-state index contributed by atoms with van der Waals surface area (Å²) >= 11 is 3.11. The molecule has 0 saturated heterocycles. The molecule has 1 N–H and O–H groups in total. The zero-order chi connectivity index (χ0) is 25.3. The van der Waals surface area contributed by atoms with Gasteiger partial charge in [-0.25, -0.2) is 8.78 Å². The number of aliphatic hydroxyl groups excluding tert-OH is 1. The fourth-order valence-corrected chi connectivity index (χ4v) is 9.26. The summed E-state index contributed by atoms with van der Waals surface area (Å²) in [6.07, 6.45) is 0.845. The minimum atomic E-state index is -2.23. The number of carbonyl (C=O) groups excluding carboxylic acids is 3. The fourth-order valence-electron chi connectivity index (χ4n) is 7.63. The average Bonchev–Trinajstić information content (AvgIpc) is 2.99. The van der Waals surface area contributed by atoms with Crippen LogP contribution in [0.5, 0.6) is 0 Å². The van der Waals surface area contributed by atoms with Crippen LogP contribution in [-0.2, 0) is 19.1 Å². The van der Waals surface area contributed by atoms with Gasteiger partial charge >= 0.3 is 5.97 Å². The monoisotopic (exact) mass is 608 g/mol. The van der Waals surface area contributed by atoms with E-state index in [1.54, 1.807) is 20.8 Å². The molecule has 0 unspecified atom stereocenters. The molecule has 0 amide bonds. The lowest BCUT2D eigenvalue weighted by atomic mass is 9.44. The van der Waals surface area contributed by atoms with Crippen LogP contribution in [0.15, 0.2) is 23.8 Å². The molecule has 0 bridgehead atoms. The Balaban J connectivity index is 1.87. The third-order valence-electron chi connectivity index (χ3n) is 9.22. The van der Waals surface area contributed by atoms with Gasteiger partial charge in [-0.05, 0) is 49.8 Å². The summed E-state index contributed by atoms with van der Waals surface area (Å²) in [6.45, 7) is 6.81. The maximum Gasteiger partial charge on any atom is 0.306 e. The number of allylic oxidation sites excluding steroid dienone is 4. The molecular weight excluding hydrogens is 577 g/mol. The van der Waals surface area contributed by atoms with E-state index in [4.69, 9.17) is 4.74 Å². The number of esters is 1. The smallest absolute Gasteiger partial charge is 0.306 e. The molecule has 9 heteroatoms. The molecular formula is C25H31F2IO5S. The van der Waals surface area contributed by atoms with Gasteiger partial charge in [0.1, 0.15) is 6.17 Å². The lowest BCUT2D eigenvalue weighted by Gasteiger charge is -2.63. The number of aliphatic hydroxyl groups is 1. The molecule has 4 aliphatic carbocycles. The molecule has 0 aromatic heterocycles. The number of hydrogen-bond donors (Lipinski definition) is 1. The maximum atomic E-state index is 17.3. The molecule has 3 fully saturated rings. The summed E-state index contributed by atoms with van der Waals surface area (Å²) in [5, 5.41) is 11.1. The van der Waals surface area contributed by atoms with Crippen molar-refractivity contribution in [1.82, 2.24) is 0 Å². The van der Waals surface area contributed by atoms with E-state index >= 15 is 8.78 Å². The van der Waals surface area contributed by atoms with E-state index in [-0.39, 0.29) is 30.0 Å². The molecule has 9 atom stereocenters. The number of alkyl halides is 3. The van der Waals surface area contributed by atoms with E-state index in [1.165, 1.54) is 12.2 Å². The van der Waals surface area contributed by atoms with Crippen molar-refractivity contribution in [3.8, 4) is 0 Å². The van der Waals surface area contributed by atoms with Crippen LogP contribution in [0, 0.1) is 28.6 Å². The van der Waals surface area contributed by atoms with E-state index < -0.39 is 63.9 Å². The van der Waals surface area contributed by atoms with Crippen molar-refractivity contribution in [2.24, 2.45) is 28.6 Å². The van der Waals surface area contributed by atoms with Gasteiger partial charge in [0.2, 0.25) is 5.12 Å². The van der Waals surface area contributed by atoms with Crippen LogP contribution in [-0.4, -0.2) is 49.3 Å². The first-order chi connectivity index (χ1) is 15.8. The van der Waals surface area contributed by atoms with Crippen molar-refractivity contribution in [2.75, 3.05) is 3.76 Å². The van der Waals surface area contributed by atoms with Gasteiger partial charge in [0.25, 0.3) is 0 Å². The maximum absolute atomic E-state index is 17.3. The standard InChI is InChI=1S/C25H31F2IO5S/c1-5-20(31)33-25(21(32)34-12-28)13(2)8-15-16-10-18(26)17-9-14(29)6-7-22(17,3)24(16,27)19(30)11-23(15,25)4/h6-7,9,13,15-16,18-19,30H,5,8,10-12H2,1-4H3/t13-,15+,16+,18+,19+,22+,23+,24+,25+/m1/s1. The molecule has 0 heterocycles. The molecule has 4 rings (SSSR count). The first-order valence-corrected chi connectivity index (χ1v) is 14.3. The Kier molecular flexibility index (Phi) is 6.68. The predicted octanol–water partition coefficient (Wildman–Crippen LogP) is 4.90. The summed E-state index contributed by atoms with van der Waals surface area (Å²) in [5.74, 6) is -2.77. The van der Waals surface area contributed by atoms with Crippen molar-refractivity contribution in [3.05, 3.63) is 23.8 Å². The molecule has 0 spiro atoms. The SMILES string of the molecule is CCC(=O)O[C@]1(C(=O)SCI)[C@H](C)C[C@H]2[C@@H]3C[C@H](F)C4=CC(=O)C=C[C@]4(C)[C@@]3(F)[C@@H](O)C[C@@]21C. The second-order valence-corrected chi connectivity index (χ2v) is 13.3. The molecule has 4 aliphatic rings. The third-order valence-corrected chi connectivity index (χ3v) is 10.8. The Morgan fingerprint density at radius 1 is 1.29 bits per heavy atom. The highest BCUT2D eigenvalue weighted by atomic mass is 127. The third kappa shape index (κ3) is 3.20. The van der Waals surface area contributed by atoms with E-state index in [2.05, 4.69) is 22.6 Å². The zero-order valence-corrected chi connectivity index (χ0v) is 22.8. The zero-order valence-electron chi connectivity index (χ0n) is 19.8. The minimum absolute atomic E-state index is 0.0627. The van der Waals surface area contributed by atoms with E-state index in [1.807, 2.05) is 6.92 Å². The lowest BCUT2D eigenvalue weighted by Crippen LogP contribution is -2.70. The number of hydrogen-bond acceptors (Lipinski definition) is 6. The molecule has 34 heavy (non-hydrogen) atoms. The molecule has 0 aliphatic heterocycles. The first-order valence-electron chi connectivity index (χ1n) is 11.7. The number of fused-ring (bicyclic) bond motifs is 5. The molecule has 0 radical (unpaired) electrons. The summed E-state index contributed by atoms with van der Waals surface area (Å²) in [5.41, 5.74) is -6.26. The first kappa shape index (κ1) is 26.3. The molecule has 0 aromatic rings. The molecule has 0 aromatic carbocycles. The summed E-state index contributed by atoms with van der Waals surface area (Å²) < 4.78 is 39.3. The Morgan fingerprint density at radius 3 is 2.59 bits per heavy atom.